The van der Waals surface area contributed by atoms with Gasteiger partial charge in [-0.15, -0.1) is 11.8 Å². The Hall–Kier alpha value is -1.23. The molecule has 3 heterocycles. The summed E-state index contributed by atoms with van der Waals surface area (Å²) in [6, 6.07) is 3.86. The Balaban J connectivity index is 1.25. The minimum Gasteiger partial charge on any atom is -0.488 e. The summed E-state index contributed by atoms with van der Waals surface area (Å²) in [6.07, 6.45) is 10.7. The summed E-state index contributed by atoms with van der Waals surface area (Å²) in [7, 11) is 0. The smallest absolute Gasteiger partial charge is 0.222 e. The fourth-order valence-electron chi connectivity index (χ4n) is 4.12. The van der Waals surface area contributed by atoms with Crippen molar-refractivity contribution in [2.45, 2.75) is 49.4 Å². The van der Waals surface area contributed by atoms with E-state index in [1.54, 1.807) is 12.4 Å². The van der Waals surface area contributed by atoms with E-state index < -0.39 is 0 Å². The van der Waals surface area contributed by atoms with Gasteiger partial charge >= 0.3 is 0 Å². The number of carbonyl (C=O) groups excluding carboxylic acids is 1. The predicted octanol–water partition coefficient (Wildman–Crippen LogP) is 3.13. The van der Waals surface area contributed by atoms with Crippen molar-refractivity contribution in [3.63, 3.8) is 0 Å². The second-order valence-corrected chi connectivity index (χ2v) is 8.72. The Morgan fingerprint density at radius 1 is 1.39 bits per heavy atom. The second-order valence-electron chi connectivity index (χ2n) is 7.23. The fourth-order valence-corrected chi connectivity index (χ4v) is 5.65. The molecule has 2 saturated heterocycles. The number of hydrogen-bond acceptors (Lipinski definition) is 4. The lowest BCUT2D eigenvalue weighted by molar-refractivity contribution is -0.137. The van der Waals surface area contributed by atoms with Gasteiger partial charge in [-0.05, 0) is 30.9 Å². The number of rotatable bonds is 4. The number of ether oxygens (including phenoxy) is 1. The molecule has 4 nitrogen and oxygen atoms in total. The summed E-state index contributed by atoms with van der Waals surface area (Å²) >= 11 is 1.98. The van der Waals surface area contributed by atoms with Crippen LogP contribution in [-0.4, -0.2) is 45.5 Å². The molecule has 124 valence electrons. The standard InChI is InChI=1S/C18H24N2O2S/c21-17(8-14-4-1-2-5-14)20-12-18(13-20)9-16(11-23-18)22-15-6-3-7-19-10-15/h3,6-7,10,14,16H,1-2,4-5,8-9,11-13H2. The third kappa shape index (κ3) is 3.35. The molecule has 1 aliphatic carbocycles. The number of carbonyl (C=O) groups is 1. The molecule has 1 aromatic heterocycles. The van der Waals surface area contributed by atoms with Gasteiger partial charge in [0.1, 0.15) is 11.9 Å². The van der Waals surface area contributed by atoms with Crippen LogP contribution >= 0.6 is 11.8 Å². The minimum atomic E-state index is 0.247. The summed E-state index contributed by atoms with van der Waals surface area (Å²) in [5.41, 5.74) is 0. The Morgan fingerprint density at radius 2 is 2.22 bits per heavy atom. The third-order valence-electron chi connectivity index (χ3n) is 5.36. The fraction of sp³-hybridized carbons (Fsp3) is 0.667. The summed E-state index contributed by atoms with van der Waals surface area (Å²) in [6.45, 7) is 1.83. The molecule has 1 aromatic rings. The topological polar surface area (TPSA) is 42.4 Å². The van der Waals surface area contributed by atoms with Crippen LogP contribution in [0.25, 0.3) is 0 Å². The molecule has 2 aliphatic heterocycles. The van der Waals surface area contributed by atoms with Crippen LogP contribution in [0.2, 0.25) is 0 Å². The molecule has 0 aromatic carbocycles. The molecule has 3 fully saturated rings. The highest BCUT2D eigenvalue weighted by Gasteiger charge is 2.51. The lowest BCUT2D eigenvalue weighted by Crippen LogP contribution is -2.61. The first-order valence-electron chi connectivity index (χ1n) is 8.71. The van der Waals surface area contributed by atoms with Crippen LogP contribution in [0.5, 0.6) is 5.75 Å². The Bertz CT molecular complexity index is 553. The second kappa shape index (κ2) is 6.34. The van der Waals surface area contributed by atoms with Crippen LogP contribution in [0, 0.1) is 5.92 Å². The van der Waals surface area contributed by atoms with E-state index in [0.717, 1.165) is 37.4 Å². The van der Waals surface area contributed by atoms with Crippen LogP contribution in [0.1, 0.15) is 38.5 Å². The maximum Gasteiger partial charge on any atom is 0.222 e. The van der Waals surface area contributed by atoms with Gasteiger partial charge in [0.25, 0.3) is 0 Å². The molecule has 1 amide bonds. The molecule has 1 saturated carbocycles. The van der Waals surface area contributed by atoms with E-state index in [-0.39, 0.29) is 10.9 Å². The van der Waals surface area contributed by atoms with E-state index in [4.69, 9.17) is 4.74 Å². The van der Waals surface area contributed by atoms with Gasteiger partial charge in [0.15, 0.2) is 0 Å². The molecule has 4 rings (SSSR count). The summed E-state index contributed by atoms with van der Waals surface area (Å²) in [4.78, 5) is 18.5. The molecule has 0 N–H and O–H groups in total. The molecular weight excluding hydrogens is 308 g/mol. The largest absolute Gasteiger partial charge is 0.488 e. The highest BCUT2D eigenvalue weighted by Crippen LogP contribution is 2.46. The van der Waals surface area contributed by atoms with Crippen LogP contribution < -0.4 is 4.74 Å². The number of likely N-dealkylation sites (tertiary alicyclic amines) is 1. The maximum absolute atomic E-state index is 12.4. The molecular formula is C18H24N2O2S. The van der Waals surface area contributed by atoms with Crippen molar-refractivity contribution in [3.05, 3.63) is 24.5 Å². The normalized spacial score (nSPS) is 26.4. The molecule has 3 aliphatic rings. The summed E-state index contributed by atoms with van der Waals surface area (Å²) < 4.78 is 6.27. The SMILES string of the molecule is O=C(CC1CCCC1)N1CC2(CC(Oc3cccnc3)CS2)C1. The Morgan fingerprint density at radius 3 is 2.96 bits per heavy atom. The van der Waals surface area contributed by atoms with Crippen LogP contribution in [0.4, 0.5) is 0 Å². The number of aromatic nitrogens is 1. The molecule has 1 unspecified atom stereocenters. The van der Waals surface area contributed by atoms with E-state index in [9.17, 15) is 4.79 Å². The minimum absolute atomic E-state index is 0.247. The van der Waals surface area contributed by atoms with Crippen molar-refractivity contribution in [1.29, 1.82) is 0 Å². The van der Waals surface area contributed by atoms with Crippen molar-refractivity contribution in [3.8, 4) is 5.75 Å². The number of pyridine rings is 1. The van der Waals surface area contributed by atoms with Gasteiger partial charge in [-0.25, -0.2) is 0 Å². The average Bonchev–Trinajstić information content (AvgIpc) is 3.16. The Kier molecular flexibility index (Phi) is 4.22. The van der Waals surface area contributed by atoms with Gasteiger partial charge in [-0.2, -0.15) is 0 Å². The molecule has 23 heavy (non-hydrogen) atoms. The lowest BCUT2D eigenvalue weighted by atomic mass is 9.91. The zero-order chi connectivity index (χ0) is 15.7. The van der Waals surface area contributed by atoms with Gasteiger partial charge < -0.3 is 9.64 Å². The van der Waals surface area contributed by atoms with Gasteiger partial charge in [0, 0.05) is 37.9 Å². The number of nitrogens with zero attached hydrogens (tertiary/aromatic N) is 2. The summed E-state index contributed by atoms with van der Waals surface area (Å²) in [5, 5.41) is 0. The quantitative estimate of drug-likeness (QED) is 0.849. The molecule has 1 atom stereocenters. The van der Waals surface area contributed by atoms with Crippen molar-refractivity contribution in [2.24, 2.45) is 5.92 Å². The van der Waals surface area contributed by atoms with Crippen molar-refractivity contribution in [2.75, 3.05) is 18.8 Å². The van der Waals surface area contributed by atoms with Crippen LogP contribution in [-0.2, 0) is 4.79 Å². The van der Waals surface area contributed by atoms with Gasteiger partial charge in [0.05, 0.1) is 10.9 Å². The summed E-state index contributed by atoms with van der Waals surface area (Å²) in [5.74, 6) is 2.89. The van der Waals surface area contributed by atoms with Crippen molar-refractivity contribution in [1.82, 2.24) is 9.88 Å². The van der Waals surface area contributed by atoms with Gasteiger partial charge in [0.2, 0.25) is 5.91 Å². The molecule has 0 radical (unpaired) electrons. The first-order chi connectivity index (χ1) is 11.2. The van der Waals surface area contributed by atoms with Gasteiger partial charge in [-0.3, -0.25) is 9.78 Å². The lowest BCUT2D eigenvalue weighted by Gasteiger charge is -2.47. The highest BCUT2D eigenvalue weighted by molar-refractivity contribution is 8.01. The monoisotopic (exact) mass is 332 g/mol. The average molecular weight is 332 g/mol. The maximum atomic E-state index is 12.4. The van der Waals surface area contributed by atoms with Crippen molar-refractivity contribution < 1.29 is 9.53 Å². The number of amides is 1. The zero-order valence-electron chi connectivity index (χ0n) is 13.4. The van der Waals surface area contributed by atoms with E-state index in [0.29, 0.717) is 11.8 Å². The Labute approximate surface area is 142 Å². The van der Waals surface area contributed by atoms with Gasteiger partial charge in [-0.1, -0.05) is 12.8 Å². The van der Waals surface area contributed by atoms with Crippen LogP contribution in [0.15, 0.2) is 24.5 Å². The first kappa shape index (κ1) is 15.3. The van der Waals surface area contributed by atoms with Crippen molar-refractivity contribution >= 4 is 17.7 Å². The zero-order valence-corrected chi connectivity index (χ0v) is 14.3. The highest BCUT2D eigenvalue weighted by atomic mass is 32.2. The third-order valence-corrected chi connectivity index (χ3v) is 6.94. The van der Waals surface area contributed by atoms with E-state index >= 15 is 0 Å². The number of thioether (sulfide) groups is 1. The molecule has 0 bridgehead atoms. The molecule has 5 heteroatoms. The van der Waals surface area contributed by atoms with Crippen LogP contribution in [0.3, 0.4) is 0 Å². The predicted molar refractivity (Wildman–Crippen MR) is 91.6 cm³/mol. The van der Waals surface area contributed by atoms with E-state index in [1.165, 1.54) is 25.7 Å². The first-order valence-corrected chi connectivity index (χ1v) is 9.69. The van der Waals surface area contributed by atoms with E-state index in [1.807, 2.05) is 23.9 Å². The van der Waals surface area contributed by atoms with E-state index in [2.05, 4.69) is 9.88 Å². The molecule has 1 spiro atoms. The number of hydrogen-bond donors (Lipinski definition) is 0.